The van der Waals surface area contributed by atoms with Crippen molar-refractivity contribution in [3.63, 3.8) is 0 Å². The number of ether oxygens (including phenoxy) is 1. The number of nitrogens with zero attached hydrogens (tertiary/aromatic N) is 4. The SMILES string of the molecule is CCn1ccnc1[C@@H]1CCCN(C(=O)c2cc(OC)nc3ccccc23)C1. The van der Waals surface area contributed by atoms with Crippen molar-refractivity contribution in [3.05, 3.63) is 54.1 Å². The van der Waals surface area contributed by atoms with Gasteiger partial charge in [-0.2, -0.15) is 0 Å². The molecule has 27 heavy (non-hydrogen) atoms. The van der Waals surface area contributed by atoms with E-state index in [1.165, 1.54) is 0 Å². The van der Waals surface area contributed by atoms with Gasteiger partial charge in [0.25, 0.3) is 5.91 Å². The van der Waals surface area contributed by atoms with Crippen LogP contribution >= 0.6 is 0 Å². The van der Waals surface area contributed by atoms with Crippen LogP contribution < -0.4 is 4.74 Å². The van der Waals surface area contributed by atoms with Crippen LogP contribution in [0.3, 0.4) is 0 Å². The fourth-order valence-electron chi connectivity index (χ4n) is 3.92. The van der Waals surface area contributed by atoms with Gasteiger partial charge in [0.05, 0.1) is 18.2 Å². The molecule has 1 amide bonds. The Hall–Kier alpha value is -2.89. The largest absolute Gasteiger partial charge is 0.481 e. The van der Waals surface area contributed by atoms with Crippen molar-refractivity contribution < 1.29 is 9.53 Å². The lowest BCUT2D eigenvalue weighted by atomic mass is 9.96. The fourth-order valence-corrected chi connectivity index (χ4v) is 3.92. The molecular formula is C21H24N4O2. The van der Waals surface area contributed by atoms with Gasteiger partial charge in [-0.15, -0.1) is 0 Å². The Balaban J connectivity index is 1.66. The first-order valence-electron chi connectivity index (χ1n) is 9.45. The summed E-state index contributed by atoms with van der Waals surface area (Å²) in [7, 11) is 1.58. The number of pyridine rings is 1. The lowest BCUT2D eigenvalue weighted by Gasteiger charge is -2.33. The van der Waals surface area contributed by atoms with Crippen LogP contribution in [0.4, 0.5) is 0 Å². The summed E-state index contributed by atoms with van der Waals surface area (Å²) in [5.74, 6) is 1.85. The Morgan fingerprint density at radius 1 is 1.33 bits per heavy atom. The molecular weight excluding hydrogens is 340 g/mol. The van der Waals surface area contributed by atoms with Crippen LogP contribution in [-0.4, -0.2) is 45.5 Å². The summed E-state index contributed by atoms with van der Waals surface area (Å²) < 4.78 is 7.49. The number of rotatable bonds is 4. The molecule has 0 saturated carbocycles. The van der Waals surface area contributed by atoms with Crippen LogP contribution in [0.25, 0.3) is 10.9 Å². The topological polar surface area (TPSA) is 60.2 Å². The summed E-state index contributed by atoms with van der Waals surface area (Å²) in [5.41, 5.74) is 1.42. The monoisotopic (exact) mass is 364 g/mol. The summed E-state index contributed by atoms with van der Waals surface area (Å²) in [6.45, 7) is 4.47. The number of likely N-dealkylation sites (tertiary alicyclic amines) is 1. The molecule has 140 valence electrons. The van der Waals surface area contributed by atoms with Crippen LogP contribution in [0.1, 0.15) is 41.9 Å². The van der Waals surface area contributed by atoms with Crippen LogP contribution in [0.5, 0.6) is 5.88 Å². The van der Waals surface area contributed by atoms with Gasteiger partial charge in [-0.25, -0.2) is 9.97 Å². The van der Waals surface area contributed by atoms with E-state index in [9.17, 15) is 4.79 Å². The number of imidazole rings is 1. The zero-order valence-corrected chi connectivity index (χ0v) is 15.8. The molecule has 0 unspecified atom stereocenters. The second kappa shape index (κ2) is 7.39. The molecule has 0 aliphatic carbocycles. The minimum Gasteiger partial charge on any atom is -0.481 e. The number of carbonyl (C=O) groups is 1. The van der Waals surface area contributed by atoms with E-state index >= 15 is 0 Å². The third kappa shape index (κ3) is 3.27. The number of piperidine rings is 1. The maximum atomic E-state index is 13.4. The number of hydrogen-bond donors (Lipinski definition) is 0. The molecule has 1 atom stereocenters. The van der Waals surface area contributed by atoms with E-state index < -0.39 is 0 Å². The summed E-state index contributed by atoms with van der Waals surface area (Å²) in [5, 5.41) is 0.862. The quantitative estimate of drug-likeness (QED) is 0.711. The van der Waals surface area contributed by atoms with E-state index in [4.69, 9.17) is 4.74 Å². The van der Waals surface area contributed by atoms with E-state index in [-0.39, 0.29) is 11.8 Å². The number of amides is 1. The lowest BCUT2D eigenvalue weighted by molar-refractivity contribution is 0.0705. The second-order valence-corrected chi connectivity index (χ2v) is 6.89. The van der Waals surface area contributed by atoms with Crippen LogP contribution in [0, 0.1) is 0 Å². The van der Waals surface area contributed by atoms with Gasteiger partial charge in [0.15, 0.2) is 0 Å². The zero-order valence-electron chi connectivity index (χ0n) is 15.8. The summed E-state index contributed by atoms with van der Waals surface area (Å²) in [4.78, 5) is 24.3. The van der Waals surface area contributed by atoms with Gasteiger partial charge in [0, 0.05) is 49.4 Å². The predicted octanol–water partition coefficient (Wildman–Crippen LogP) is 3.48. The first-order valence-corrected chi connectivity index (χ1v) is 9.45. The predicted molar refractivity (Wildman–Crippen MR) is 104 cm³/mol. The molecule has 6 nitrogen and oxygen atoms in total. The van der Waals surface area contributed by atoms with E-state index in [0.29, 0.717) is 18.0 Å². The second-order valence-electron chi connectivity index (χ2n) is 6.89. The highest BCUT2D eigenvalue weighted by Gasteiger charge is 2.29. The summed E-state index contributed by atoms with van der Waals surface area (Å²) in [6.07, 6.45) is 5.90. The Morgan fingerprint density at radius 3 is 3.00 bits per heavy atom. The smallest absolute Gasteiger partial charge is 0.254 e. The van der Waals surface area contributed by atoms with Crippen molar-refractivity contribution in [3.8, 4) is 5.88 Å². The molecule has 6 heteroatoms. The average molecular weight is 364 g/mol. The van der Waals surface area contributed by atoms with Gasteiger partial charge >= 0.3 is 0 Å². The highest BCUT2D eigenvalue weighted by Crippen LogP contribution is 2.29. The van der Waals surface area contributed by atoms with Crippen LogP contribution in [0.15, 0.2) is 42.7 Å². The molecule has 3 heterocycles. The van der Waals surface area contributed by atoms with Gasteiger partial charge in [-0.05, 0) is 25.8 Å². The Morgan fingerprint density at radius 2 is 2.19 bits per heavy atom. The van der Waals surface area contributed by atoms with Crippen molar-refractivity contribution in [2.75, 3.05) is 20.2 Å². The maximum absolute atomic E-state index is 13.4. The molecule has 1 aromatic carbocycles. The minimum absolute atomic E-state index is 0.0335. The Kier molecular flexibility index (Phi) is 4.79. The minimum atomic E-state index is 0.0335. The van der Waals surface area contributed by atoms with Crippen molar-refractivity contribution in [2.45, 2.75) is 32.2 Å². The standard InChI is InChI=1S/C21H24N4O2/c1-3-24-12-10-22-20(24)15-7-6-11-25(14-15)21(26)17-13-19(27-2)23-18-9-5-4-8-16(17)18/h4-5,8-10,12-13,15H,3,6-7,11,14H2,1-2H3/t15-/m1/s1. The lowest BCUT2D eigenvalue weighted by Crippen LogP contribution is -2.39. The molecule has 1 saturated heterocycles. The van der Waals surface area contributed by atoms with Crippen molar-refractivity contribution in [2.24, 2.45) is 0 Å². The first-order chi connectivity index (χ1) is 13.2. The number of carbonyl (C=O) groups excluding carboxylic acids is 1. The number of benzene rings is 1. The van der Waals surface area contributed by atoms with Crippen LogP contribution in [-0.2, 0) is 6.54 Å². The molecule has 0 N–H and O–H groups in total. The zero-order chi connectivity index (χ0) is 18.8. The molecule has 2 aromatic heterocycles. The third-order valence-electron chi connectivity index (χ3n) is 5.29. The highest BCUT2D eigenvalue weighted by atomic mass is 16.5. The maximum Gasteiger partial charge on any atom is 0.254 e. The molecule has 0 radical (unpaired) electrons. The highest BCUT2D eigenvalue weighted by molar-refractivity contribution is 6.06. The molecule has 0 bridgehead atoms. The van der Waals surface area contributed by atoms with Gasteiger partial charge in [-0.1, -0.05) is 18.2 Å². The number of para-hydroxylation sites is 1. The summed E-state index contributed by atoms with van der Waals surface area (Å²) >= 11 is 0. The Bertz CT molecular complexity index is 966. The first kappa shape index (κ1) is 17.5. The van der Waals surface area contributed by atoms with Crippen molar-refractivity contribution >= 4 is 16.8 Å². The van der Waals surface area contributed by atoms with E-state index in [0.717, 1.165) is 42.7 Å². The van der Waals surface area contributed by atoms with Crippen molar-refractivity contribution in [1.29, 1.82) is 0 Å². The molecule has 0 spiro atoms. The molecule has 1 aliphatic heterocycles. The van der Waals surface area contributed by atoms with Gasteiger partial charge in [-0.3, -0.25) is 4.79 Å². The summed E-state index contributed by atoms with van der Waals surface area (Å²) in [6, 6.07) is 9.46. The third-order valence-corrected chi connectivity index (χ3v) is 5.29. The van der Waals surface area contributed by atoms with Crippen LogP contribution in [0.2, 0.25) is 0 Å². The molecule has 1 aliphatic rings. The van der Waals surface area contributed by atoms with Gasteiger partial charge in [0.1, 0.15) is 5.82 Å². The molecule has 4 rings (SSSR count). The molecule has 3 aromatic rings. The van der Waals surface area contributed by atoms with Gasteiger partial charge < -0.3 is 14.2 Å². The number of methoxy groups -OCH3 is 1. The number of hydrogen-bond acceptors (Lipinski definition) is 4. The average Bonchev–Trinajstić information content (AvgIpc) is 3.21. The van der Waals surface area contributed by atoms with Crippen molar-refractivity contribution in [1.82, 2.24) is 19.4 Å². The molecule has 1 fully saturated rings. The Labute approximate surface area is 158 Å². The van der Waals surface area contributed by atoms with E-state index in [1.54, 1.807) is 13.2 Å². The van der Waals surface area contributed by atoms with Gasteiger partial charge in [0.2, 0.25) is 5.88 Å². The normalized spacial score (nSPS) is 17.3. The van der Waals surface area contributed by atoms with E-state index in [2.05, 4.69) is 21.5 Å². The van der Waals surface area contributed by atoms with E-state index in [1.807, 2.05) is 41.6 Å². The fraction of sp³-hybridized carbons (Fsp3) is 0.381. The number of aryl methyl sites for hydroxylation is 1. The number of fused-ring (bicyclic) bond motifs is 1. The number of aromatic nitrogens is 3.